The Bertz CT molecular complexity index is 616. The number of hydrogen-bond donors (Lipinski definition) is 1. The van der Waals surface area contributed by atoms with Crippen LogP contribution in [0.25, 0.3) is 0 Å². The lowest BCUT2D eigenvalue weighted by Gasteiger charge is -2.29. The van der Waals surface area contributed by atoms with Crippen LogP contribution in [0.1, 0.15) is 49.9 Å². The molecule has 1 aliphatic rings. The molecule has 0 saturated carbocycles. The molecule has 5 nitrogen and oxygen atoms in total. The smallest absolute Gasteiger partial charge is 0.292 e. The van der Waals surface area contributed by atoms with E-state index in [4.69, 9.17) is 4.42 Å². The van der Waals surface area contributed by atoms with Crippen LogP contribution in [0, 0.1) is 0 Å². The molecule has 2 rings (SSSR count). The maximum absolute atomic E-state index is 12.8. The van der Waals surface area contributed by atoms with Crippen LogP contribution in [0.15, 0.2) is 33.9 Å². The number of halogens is 2. The number of carbonyl (C=O) groups excluding carboxylic acids is 1. The van der Waals surface area contributed by atoms with E-state index in [0.29, 0.717) is 19.5 Å². The molecule has 1 aliphatic heterocycles. The standard InChI is InChI=1S/C15H19F2N3O2/c1-9(2)6-18-11-4-5-20(7-10(11)3)15(21)13-12(14(16)17)19-8-22-13/h6,8,14,18H,4-5,7H2,1-3H3. The molecule has 0 aliphatic carbocycles. The summed E-state index contributed by atoms with van der Waals surface area (Å²) in [5, 5.41) is 3.22. The number of nitrogens with one attached hydrogen (secondary N) is 1. The minimum atomic E-state index is -2.82. The van der Waals surface area contributed by atoms with Crippen molar-refractivity contribution in [3.05, 3.63) is 40.9 Å². The highest BCUT2D eigenvalue weighted by atomic mass is 19.3. The maximum atomic E-state index is 12.8. The number of nitrogens with zero attached hydrogens (tertiary/aromatic N) is 2. The summed E-state index contributed by atoms with van der Waals surface area (Å²) in [4.78, 5) is 17.2. The number of oxazole rings is 1. The van der Waals surface area contributed by atoms with E-state index in [1.165, 1.54) is 4.90 Å². The van der Waals surface area contributed by atoms with Crippen molar-refractivity contribution in [3.63, 3.8) is 0 Å². The molecule has 1 aromatic rings. The van der Waals surface area contributed by atoms with Crippen LogP contribution in [0.5, 0.6) is 0 Å². The summed E-state index contributed by atoms with van der Waals surface area (Å²) < 4.78 is 30.4. The fraction of sp³-hybridized carbons (Fsp3) is 0.467. The molecule has 7 heteroatoms. The molecule has 1 amide bonds. The first kappa shape index (κ1) is 16.2. The van der Waals surface area contributed by atoms with Crippen LogP contribution in [-0.2, 0) is 0 Å². The van der Waals surface area contributed by atoms with Crippen LogP contribution in [-0.4, -0.2) is 28.9 Å². The van der Waals surface area contributed by atoms with Gasteiger partial charge in [-0.1, -0.05) is 5.57 Å². The maximum Gasteiger partial charge on any atom is 0.292 e. The van der Waals surface area contributed by atoms with E-state index in [1.807, 2.05) is 27.0 Å². The minimum absolute atomic E-state index is 0.372. The van der Waals surface area contributed by atoms with Crippen molar-refractivity contribution in [1.29, 1.82) is 0 Å². The Morgan fingerprint density at radius 3 is 2.82 bits per heavy atom. The van der Waals surface area contributed by atoms with E-state index in [0.717, 1.165) is 23.2 Å². The molecule has 0 saturated heterocycles. The molecule has 0 radical (unpaired) electrons. The van der Waals surface area contributed by atoms with Gasteiger partial charge in [-0.15, -0.1) is 0 Å². The Hall–Kier alpha value is -2.18. The highest BCUT2D eigenvalue weighted by molar-refractivity contribution is 5.92. The molecular weight excluding hydrogens is 292 g/mol. The molecule has 0 aromatic carbocycles. The third-order valence-electron chi connectivity index (χ3n) is 3.39. The monoisotopic (exact) mass is 311 g/mol. The van der Waals surface area contributed by atoms with Gasteiger partial charge >= 0.3 is 0 Å². The summed E-state index contributed by atoms with van der Waals surface area (Å²) in [6.07, 6.45) is 0.596. The van der Waals surface area contributed by atoms with Gasteiger partial charge in [0.1, 0.15) is 0 Å². The molecule has 0 atom stereocenters. The fourth-order valence-corrected chi connectivity index (χ4v) is 2.23. The molecule has 0 fully saturated rings. The lowest BCUT2D eigenvalue weighted by Crippen LogP contribution is -2.38. The Labute approximate surface area is 127 Å². The summed E-state index contributed by atoms with van der Waals surface area (Å²) in [5.41, 5.74) is 2.59. The number of allylic oxidation sites excluding steroid dienone is 1. The Morgan fingerprint density at radius 1 is 1.50 bits per heavy atom. The van der Waals surface area contributed by atoms with Crippen LogP contribution in [0.3, 0.4) is 0 Å². The molecule has 2 heterocycles. The number of carbonyl (C=O) groups is 1. The second-order valence-corrected chi connectivity index (χ2v) is 5.47. The summed E-state index contributed by atoms with van der Waals surface area (Å²) in [6.45, 7) is 6.70. The number of aromatic nitrogens is 1. The Balaban J connectivity index is 2.11. The zero-order valence-corrected chi connectivity index (χ0v) is 12.8. The van der Waals surface area contributed by atoms with Gasteiger partial charge in [0, 0.05) is 25.2 Å². The van der Waals surface area contributed by atoms with Crippen molar-refractivity contribution >= 4 is 5.91 Å². The van der Waals surface area contributed by atoms with Gasteiger partial charge in [0.25, 0.3) is 12.3 Å². The second-order valence-electron chi connectivity index (χ2n) is 5.47. The van der Waals surface area contributed by atoms with Crippen molar-refractivity contribution in [3.8, 4) is 0 Å². The molecule has 0 bridgehead atoms. The van der Waals surface area contributed by atoms with E-state index < -0.39 is 18.0 Å². The quantitative estimate of drug-likeness (QED) is 0.927. The van der Waals surface area contributed by atoms with Crippen molar-refractivity contribution in [2.45, 2.75) is 33.6 Å². The van der Waals surface area contributed by atoms with Crippen LogP contribution in [0.2, 0.25) is 0 Å². The average molecular weight is 311 g/mol. The molecule has 22 heavy (non-hydrogen) atoms. The molecular formula is C15H19F2N3O2. The molecule has 120 valence electrons. The second kappa shape index (κ2) is 6.72. The molecule has 1 aromatic heterocycles. The van der Waals surface area contributed by atoms with Crippen LogP contribution in [0.4, 0.5) is 8.78 Å². The van der Waals surface area contributed by atoms with E-state index in [2.05, 4.69) is 10.3 Å². The van der Waals surface area contributed by atoms with Crippen molar-refractivity contribution in [2.75, 3.05) is 13.1 Å². The van der Waals surface area contributed by atoms with Crippen LogP contribution >= 0.6 is 0 Å². The minimum Gasteiger partial charge on any atom is -0.438 e. The number of amides is 1. The predicted octanol–water partition coefficient (Wildman–Crippen LogP) is 3.25. The lowest BCUT2D eigenvalue weighted by molar-refractivity contribution is 0.0714. The fourth-order valence-electron chi connectivity index (χ4n) is 2.23. The Morgan fingerprint density at radius 2 is 2.23 bits per heavy atom. The van der Waals surface area contributed by atoms with E-state index >= 15 is 0 Å². The molecule has 0 unspecified atom stereocenters. The van der Waals surface area contributed by atoms with Gasteiger partial charge in [-0.05, 0) is 32.5 Å². The van der Waals surface area contributed by atoms with Gasteiger partial charge in [-0.2, -0.15) is 0 Å². The topological polar surface area (TPSA) is 58.4 Å². The largest absolute Gasteiger partial charge is 0.438 e. The summed E-state index contributed by atoms with van der Waals surface area (Å²) >= 11 is 0. The third-order valence-corrected chi connectivity index (χ3v) is 3.39. The first-order chi connectivity index (χ1) is 10.4. The van der Waals surface area contributed by atoms with Gasteiger partial charge in [0.05, 0.1) is 0 Å². The number of alkyl halides is 2. The molecule has 1 N–H and O–H groups in total. The predicted molar refractivity (Wildman–Crippen MR) is 77.2 cm³/mol. The Kier molecular flexibility index (Phi) is 4.95. The van der Waals surface area contributed by atoms with Gasteiger partial charge in [0.2, 0.25) is 5.76 Å². The SMILES string of the molecule is CC(C)=CNC1=C(C)CN(C(=O)c2ocnc2C(F)F)CC1. The van der Waals surface area contributed by atoms with E-state index in [1.54, 1.807) is 0 Å². The van der Waals surface area contributed by atoms with E-state index in [-0.39, 0.29) is 5.76 Å². The van der Waals surface area contributed by atoms with Gasteiger partial charge < -0.3 is 14.6 Å². The highest BCUT2D eigenvalue weighted by Gasteiger charge is 2.29. The van der Waals surface area contributed by atoms with Crippen molar-refractivity contribution in [1.82, 2.24) is 15.2 Å². The van der Waals surface area contributed by atoms with Crippen molar-refractivity contribution in [2.24, 2.45) is 0 Å². The number of rotatable bonds is 4. The zero-order chi connectivity index (χ0) is 16.3. The summed E-state index contributed by atoms with van der Waals surface area (Å²) in [5.74, 6) is -0.920. The number of hydrogen-bond acceptors (Lipinski definition) is 4. The first-order valence-electron chi connectivity index (χ1n) is 6.99. The normalized spacial score (nSPS) is 15.3. The van der Waals surface area contributed by atoms with Gasteiger partial charge in [-0.3, -0.25) is 4.79 Å². The lowest BCUT2D eigenvalue weighted by atomic mass is 10.1. The van der Waals surface area contributed by atoms with Gasteiger partial charge in [-0.25, -0.2) is 13.8 Å². The van der Waals surface area contributed by atoms with Crippen molar-refractivity contribution < 1.29 is 18.0 Å². The summed E-state index contributed by atoms with van der Waals surface area (Å²) in [6, 6.07) is 0. The molecule has 0 spiro atoms. The average Bonchev–Trinajstić information content (AvgIpc) is 2.94. The zero-order valence-electron chi connectivity index (χ0n) is 12.8. The third kappa shape index (κ3) is 3.52. The van der Waals surface area contributed by atoms with Gasteiger partial charge in [0.15, 0.2) is 12.1 Å². The first-order valence-corrected chi connectivity index (χ1v) is 6.99. The van der Waals surface area contributed by atoms with Crippen LogP contribution < -0.4 is 5.32 Å². The van der Waals surface area contributed by atoms with E-state index in [9.17, 15) is 13.6 Å². The summed E-state index contributed by atoms with van der Waals surface area (Å²) in [7, 11) is 0. The highest BCUT2D eigenvalue weighted by Crippen LogP contribution is 2.24.